The standard InChI is InChI=1S/C17H20FN5O2S/c1-4-10-23-14(12-8-6-7-9-13(12)18)21-22-17(23)26-11(3)15(24)20-16(25)19-5-2/h4,6-9,11H,1,5,10H2,2-3H3,(H2,19,20,24,25). The number of nitrogens with one attached hydrogen (secondary N) is 2. The van der Waals surface area contributed by atoms with Gasteiger partial charge in [0.1, 0.15) is 5.82 Å². The molecule has 1 heterocycles. The Hall–Kier alpha value is -2.68. The molecule has 0 saturated carbocycles. The van der Waals surface area contributed by atoms with Crippen LogP contribution >= 0.6 is 11.8 Å². The number of allylic oxidation sites excluding steroid dienone is 1. The Bertz CT molecular complexity index is 808. The van der Waals surface area contributed by atoms with E-state index >= 15 is 0 Å². The Labute approximate surface area is 155 Å². The highest BCUT2D eigenvalue weighted by Crippen LogP contribution is 2.28. The van der Waals surface area contributed by atoms with Gasteiger partial charge in [-0.3, -0.25) is 14.7 Å². The molecule has 26 heavy (non-hydrogen) atoms. The Balaban J connectivity index is 2.22. The van der Waals surface area contributed by atoms with E-state index in [9.17, 15) is 14.0 Å². The molecule has 7 nitrogen and oxygen atoms in total. The Morgan fingerprint density at radius 2 is 2.12 bits per heavy atom. The number of nitrogens with zero attached hydrogens (tertiary/aromatic N) is 3. The van der Waals surface area contributed by atoms with Gasteiger partial charge in [0.15, 0.2) is 11.0 Å². The van der Waals surface area contributed by atoms with Crippen LogP contribution in [0.4, 0.5) is 9.18 Å². The summed E-state index contributed by atoms with van der Waals surface area (Å²) in [5.41, 5.74) is 0.313. The average molecular weight is 377 g/mol. The predicted octanol–water partition coefficient (Wildman–Crippen LogP) is 2.60. The fourth-order valence-electron chi connectivity index (χ4n) is 2.14. The van der Waals surface area contributed by atoms with Crippen LogP contribution in [-0.2, 0) is 11.3 Å². The van der Waals surface area contributed by atoms with E-state index in [0.717, 1.165) is 11.8 Å². The molecule has 2 N–H and O–H groups in total. The predicted molar refractivity (Wildman–Crippen MR) is 98.1 cm³/mol. The summed E-state index contributed by atoms with van der Waals surface area (Å²) in [5.74, 6) is -0.521. The third-order valence-corrected chi connectivity index (χ3v) is 4.45. The molecule has 0 fully saturated rings. The molecule has 2 aromatic rings. The molecule has 138 valence electrons. The van der Waals surface area contributed by atoms with Gasteiger partial charge in [0.2, 0.25) is 5.91 Å². The summed E-state index contributed by atoms with van der Waals surface area (Å²) >= 11 is 1.13. The molecule has 1 aromatic heterocycles. The van der Waals surface area contributed by atoms with E-state index in [1.165, 1.54) is 6.07 Å². The maximum absolute atomic E-state index is 14.1. The minimum absolute atomic E-state index is 0.313. The summed E-state index contributed by atoms with van der Waals surface area (Å²) < 4.78 is 15.8. The van der Waals surface area contributed by atoms with Gasteiger partial charge < -0.3 is 5.32 Å². The zero-order chi connectivity index (χ0) is 19.1. The number of rotatable bonds is 7. The number of carbonyl (C=O) groups excluding carboxylic acids is 2. The van der Waals surface area contributed by atoms with Gasteiger partial charge in [0, 0.05) is 13.1 Å². The van der Waals surface area contributed by atoms with Crippen molar-refractivity contribution in [1.82, 2.24) is 25.4 Å². The maximum Gasteiger partial charge on any atom is 0.321 e. The number of thioether (sulfide) groups is 1. The lowest BCUT2D eigenvalue weighted by Gasteiger charge is -2.12. The number of benzene rings is 1. The van der Waals surface area contributed by atoms with E-state index in [4.69, 9.17) is 0 Å². The third-order valence-electron chi connectivity index (χ3n) is 3.37. The van der Waals surface area contributed by atoms with Crippen LogP contribution in [0.5, 0.6) is 0 Å². The van der Waals surface area contributed by atoms with Gasteiger partial charge in [0.25, 0.3) is 0 Å². The normalized spacial score (nSPS) is 11.7. The summed E-state index contributed by atoms with van der Waals surface area (Å²) in [5, 5.41) is 12.7. The molecule has 0 saturated heterocycles. The number of carbonyl (C=O) groups is 2. The SMILES string of the molecule is C=CCn1c(SC(C)C(=O)NC(=O)NCC)nnc1-c1ccccc1F. The molecule has 0 aliphatic rings. The van der Waals surface area contributed by atoms with Gasteiger partial charge in [-0.2, -0.15) is 0 Å². The lowest BCUT2D eigenvalue weighted by atomic mass is 10.2. The molecule has 0 aliphatic heterocycles. The molecule has 0 radical (unpaired) electrons. The Kier molecular flexibility index (Phi) is 6.90. The van der Waals surface area contributed by atoms with E-state index in [0.29, 0.717) is 29.6 Å². The number of amides is 3. The van der Waals surface area contributed by atoms with E-state index < -0.39 is 23.0 Å². The smallest absolute Gasteiger partial charge is 0.321 e. The first-order chi connectivity index (χ1) is 12.5. The molecule has 0 spiro atoms. The molecule has 0 aliphatic carbocycles. The van der Waals surface area contributed by atoms with Gasteiger partial charge in [0.05, 0.1) is 10.8 Å². The van der Waals surface area contributed by atoms with Crippen LogP contribution < -0.4 is 10.6 Å². The molecular formula is C17H20FN5O2S. The number of imide groups is 1. The molecular weight excluding hydrogens is 357 g/mol. The van der Waals surface area contributed by atoms with Crippen LogP contribution in [0.1, 0.15) is 13.8 Å². The van der Waals surface area contributed by atoms with Gasteiger partial charge >= 0.3 is 6.03 Å². The van der Waals surface area contributed by atoms with Crippen molar-refractivity contribution >= 4 is 23.7 Å². The molecule has 3 amide bonds. The van der Waals surface area contributed by atoms with E-state index in [1.54, 1.807) is 42.7 Å². The van der Waals surface area contributed by atoms with Crippen LogP contribution in [0.15, 0.2) is 42.1 Å². The fraction of sp³-hybridized carbons (Fsp3) is 0.294. The van der Waals surface area contributed by atoms with Crippen molar-refractivity contribution in [2.24, 2.45) is 0 Å². The zero-order valence-corrected chi connectivity index (χ0v) is 15.3. The number of aromatic nitrogens is 3. The molecule has 9 heteroatoms. The number of urea groups is 1. The first-order valence-corrected chi connectivity index (χ1v) is 8.90. The quantitative estimate of drug-likeness (QED) is 0.572. The minimum atomic E-state index is -0.598. The topological polar surface area (TPSA) is 88.9 Å². The van der Waals surface area contributed by atoms with Crippen LogP contribution in [-0.4, -0.2) is 38.5 Å². The highest BCUT2D eigenvalue weighted by Gasteiger charge is 2.22. The van der Waals surface area contributed by atoms with Crippen molar-refractivity contribution in [2.75, 3.05) is 6.54 Å². The van der Waals surface area contributed by atoms with Crippen LogP contribution in [0.3, 0.4) is 0 Å². The summed E-state index contributed by atoms with van der Waals surface area (Å²) in [6, 6.07) is 5.71. The second kappa shape index (κ2) is 9.14. The van der Waals surface area contributed by atoms with Crippen molar-refractivity contribution in [3.05, 3.63) is 42.7 Å². The monoisotopic (exact) mass is 377 g/mol. The van der Waals surface area contributed by atoms with Crippen molar-refractivity contribution in [2.45, 2.75) is 30.8 Å². The molecule has 0 bridgehead atoms. The lowest BCUT2D eigenvalue weighted by molar-refractivity contribution is -0.119. The summed E-state index contributed by atoms with van der Waals surface area (Å²) in [7, 11) is 0. The molecule has 1 aromatic carbocycles. The second-order valence-electron chi connectivity index (χ2n) is 5.29. The molecule has 2 rings (SSSR count). The Morgan fingerprint density at radius 3 is 2.77 bits per heavy atom. The van der Waals surface area contributed by atoms with Crippen LogP contribution in [0, 0.1) is 5.82 Å². The highest BCUT2D eigenvalue weighted by atomic mass is 32.2. The van der Waals surface area contributed by atoms with Gasteiger partial charge in [-0.1, -0.05) is 30.0 Å². The zero-order valence-electron chi connectivity index (χ0n) is 14.5. The third kappa shape index (κ3) is 4.69. The first-order valence-electron chi connectivity index (χ1n) is 8.02. The van der Waals surface area contributed by atoms with Crippen molar-refractivity contribution in [3.8, 4) is 11.4 Å². The van der Waals surface area contributed by atoms with Crippen molar-refractivity contribution < 1.29 is 14.0 Å². The van der Waals surface area contributed by atoms with Gasteiger partial charge in [-0.15, -0.1) is 16.8 Å². The average Bonchev–Trinajstić information content (AvgIpc) is 2.98. The van der Waals surface area contributed by atoms with Crippen molar-refractivity contribution in [3.63, 3.8) is 0 Å². The maximum atomic E-state index is 14.1. The first kappa shape index (κ1) is 19.6. The molecule has 1 atom stereocenters. The van der Waals surface area contributed by atoms with Gasteiger partial charge in [-0.05, 0) is 26.0 Å². The number of halogens is 1. The highest BCUT2D eigenvalue weighted by molar-refractivity contribution is 8.00. The van der Waals surface area contributed by atoms with Crippen molar-refractivity contribution in [1.29, 1.82) is 0 Å². The summed E-state index contributed by atoms with van der Waals surface area (Å²) in [6.07, 6.45) is 1.64. The van der Waals surface area contributed by atoms with Crippen LogP contribution in [0.2, 0.25) is 0 Å². The fourth-order valence-corrected chi connectivity index (χ4v) is 3.00. The summed E-state index contributed by atoms with van der Waals surface area (Å²) in [6.45, 7) is 7.87. The number of hydrogen-bond donors (Lipinski definition) is 2. The van der Waals surface area contributed by atoms with Crippen LogP contribution in [0.25, 0.3) is 11.4 Å². The lowest BCUT2D eigenvalue weighted by Crippen LogP contribution is -2.42. The minimum Gasteiger partial charge on any atom is -0.338 e. The van der Waals surface area contributed by atoms with E-state index in [2.05, 4.69) is 27.4 Å². The van der Waals surface area contributed by atoms with E-state index in [1.807, 2.05) is 0 Å². The molecule has 1 unspecified atom stereocenters. The summed E-state index contributed by atoms with van der Waals surface area (Å²) in [4.78, 5) is 23.6. The second-order valence-corrected chi connectivity index (χ2v) is 6.60. The Morgan fingerprint density at radius 1 is 1.38 bits per heavy atom. The largest absolute Gasteiger partial charge is 0.338 e. The number of hydrogen-bond acceptors (Lipinski definition) is 5. The van der Waals surface area contributed by atoms with E-state index in [-0.39, 0.29) is 0 Å². The van der Waals surface area contributed by atoms with Gasteiger partial charge in [-0.25, -0.2) is 9.18 Å².